The van der Waals surface area contributed by atoms with Gasteiger partial charge >= 0.3 is 11.7 Å². The van der Waals surface area contributed by atoms with E-state index in [-0.39, 0.29) is 13.0 Å². The minimum Gasteiger partial charge on any atom is -0.390 e. The maximum atomic E-state index is 12.4. The molecule has 1 aliphatic heterocycles. The fraction of sp³-hybridized carbons (Fsp3) is 0.696. The number of unbranched alkanes of at least 4 members (excludes halogenated alkanes) is 3. The molecule has 0 unspecified atom stereocenters. The predicted octanol–water partition coefficient (Wildman–Crippen LogP) is -0.618. The first-order valence-corrected chi connectivity index (χ1v) is 12.3. The third kappa shape index (κ3) is 8.48. The normalized spacial score (nSPS) is 20.9. The molecule has 1 aromatic rings. The van der Waals surface area contributed by atoms with E-state index in [1.165, 1.54) is 24.6 Å². The Morgan fingerprint density at radius 2 is 1.81 bits per heavy atom. The fourth-order valence-corrected chi connectivity index (χ4v) is 3.69. The molecule has 2 heterocycles. The Balaban J connectivity index is 1.77. The highest BCUT2D eigenvalue weighted by Crippen LogP contribution is 2.27. The van der Waals surface area contributed by atoms with Crippen molar-refractivity contribution in [2.24, 2.45) is 0 Å². The SMILES string of the molecule is CCCCCCNC(=O)N[C@@H](C)C(=O)N[C@@H](C)C(=O)NC[C@H]1O[C@@H](n2cc(C)c(=O)[nH]c2=O)C[C@@H]1O. The van der Waals surface area contributed by atoms with Crippen LogP contribution in [0.1, 0.15) is 64.7 Å². The van der Waals surface area contributed by atoms with Gasteiger partial charge in [0.2, 0.25) is 11.8 Å². The van der Waals surface area contributed by atoms with E-state index in [1.54, 1.807) is 6.92 Å². The van der Waals surface area contributed by atoms with Crippen LogP contribution in [0.15, 0.2) is 15.8 Å². The van der Waals surface area contributed by atoms with Crippen molar-refractivity contribution in [3.05, 3.63) is 32.6 Å². The number of urea groups is 1. The lowest BCUT2D eigenvalue weighted by atomic mass is 10.1. The summed E-state index contributed by atoms with van der Waals surface area (Å²) in [5.41, 5.74) is -0.832. The van der Waals surface area contributed by atoms with Gasteiger partial charge in [-0.15, -0.1) is 0 Å². The van der Waals surface area contributed by atoms with E-state index in [2.05, 4.69) is 33.2 Å². The summed E-state index contributed by atoms with van der Waals surface area (Å²) in [6.45, 7) is 7.12. The van der Waals surface area contributed by atoms with Crippen LogP contribution >= 0.6 is 0 Å². The molecule has 13 heteroatoms. The first-order valence-electron chi connectivity index (χ1n) is 12.3. The molecule has 0 radical (unpaired) electrons. The fourth-order valence-electron chi connectivity index (χ4n) is 3.69. The Labute approximate surface area is 209 Å². The van der Waals surface area contributed by atoms with Crippen LogP contribution in [0.25, 0.3) is 0 Å². The molecule has 1 aliphatic rings. The Hall–Kier alpha value is -3.19. The molecule has 0 bridgehead atoms. The summed E-state index contributed by atoms with van der Waals surface area (Å²) in [5.74, 6) is -1.03. The van der Waals surface area contributed by atoms with E-state index >= 15 is 0 Å². The van der Waals surface area contributed by atoms with Crippen molar-refractivity contribution < 1.29 is 24.2 Å². The summed E-state index contributed by atoms with van der Waals surface area (Å²) >= 11 is 0. The van der Waals surface area contributed by atoms with Gasteiger partial charge in [-0.05, 0) is 27.2 Å². The third-order valence-corrected chi connectivity index (χ3v) is 5.95. The maximum Gasteiger partial charge on any atom is 0.330 e. The van der Waals surface area contributed by atoms with Crippen LogP contribution < -0.4 is 32.5 Å². The van der Waals surface area contributed by atoms with Crippen LogP contribution in [0.4, 0.5) is 4.79 Å². The lowest BCUT2D eigenvalue weighted by Gasteiger charge is -2.20. The largest absolute Gasteiger partial charge is 0.390 e. The molecule has 36 heavy (non-hydrogen) atoms. The average Bonchev–Trinajstić information content (AvgIpc) is 3.19. The second kappa shape index (κ2) is 13.8. The van der Waals surface area contributed by atoms with Crippen LogP contribution in [0, 0.1) is 6.92 Å². The molecular weight excluding hydrogens is 472 g/mol. The minimum absolute atomic E-state index is 0.0535. The highest BCUT2D eigenvalue weighted by molar-refractivity contribution is 5.91. The van der Waals surface area contributed by atoms with Crippen molar-refractivity contribution in [3.8, 4) is 0 Å². The second-order valence-corrected chi connectivity index (χ2v) is 9.07. The van der Waals surface area contributed by atoms with Gasteiger partial charge in [-0.3, -0.25) is 23.9 Å². The molecular formula is C23H38N6O7. The smallest absolute Gasteiger partial charge is 0.330 e. The molecule has 1 aromatic heterocycles. The molecule has 0 aromatic carbocycles. The molecule has 4 amide bonds. The Kier molecular flexibility index (Phi) is 11.1. The molecule has 13 nitrogen and oxygen atoms in total. The van der Waals surface area contributed by atoms with Crippen molar-refractivity contribution in [3.63, 3.8) is 0 Å². The molecule has 2 rings (SSSR count). The van der Waals surface area contributed by atoms with Crippen molar-refractivity contribution in [2.45, 2.75) is 90.3 Å². The van der Waals surface area contributed by atoms with Gasteiger partial charge in [0, 0.05) is 31.3 Å². The minimum atomic E-state index is -0.955. The van der Waals surface area contributed by atoms with Gasteiger partial charge in [-0.1, -0.05) is 26.2 Å². The Morgan fingerprint density at radius 1 is 1.11 bits per heavy atom. The molecule has 0 spiro atoms. The molecule has 6 N–H and O–H groups in total. The summed E-state index contributed by atoms with van der Waals surface area (Å²) in [4.78, 5) is 62.5. The number of aromatic amines is 1. The zero-order valence-electron chi connectivity index (χ0n) is 21.3. The van der Waals surface area contributed by atoms with Crippen LogP contribution in [-0.2, 0) is 14.3 Å². The number of aromatic nitrogens is 2. The number of nitrogens with zero attached hydrogens (tertiary/aromatic N) is 1. The monoisotopic (exact) mass is 510 g/mol. The van der Waals surface area contributed by atoms with E-state index in [1.807, 2.05) is 0 Å². The highest BCUT2D eigenvalue weighted by Gasteiger charge is 2.36. The predicted molar refractivity (Wildman–Crippen MR) is 131 cm³/mol. The second-order valence-electron chi connectivity index (χ2n) is 9.07. The number of aliphatic hydroxyl groups is 1. The van der Waals surface area contributed by atoms with Gasteiger partial charge < -0.3 is 31.1 Å². The molecule has 1 saturated heterocycles. The zero-order chi connectivity index (χ0) is 26.8. The van der Waals surface area contributed by atoms with Gasteiger partial charge in [0.25, 0.3) is 5.56 Å². The standard InChI is InChI=1S/C23H38N6O7/c1-5-6-7-8-9-24-22(34)27-15(4)21(33)26-14(3)20(32)25-11-17-16(30)10-18(36-17)29-12-13(2)19(31)28-23(29)35/h12,14-18,30H,5-11H2,1-4H3,(H,25,32)(H,26,33)(H2,24,27,34)(H,28,31,35)/t14-,15-,16-,17+,18+/m0/s1. The summed E-state index contributed by atoms with van der Waals surface area (Å²) in [6, 6.07) is -2.21. The number of aryl methyl sites for hydroxylation is 1. The number of aliphatic hydroxyl groups excluding tert-OH is 1. The number of ether oxygens (including phenoxy) is 1. The quantitative estimate of drug-likeness (QED) is 0.202. The van der Waals surface area contributed by atoms with Crippen LogP contribution in [0.5, 0.6) is 0 Å². The summed E-state index contributed by atoms with van der Waals surface area (Å²) in [5, 5.41) is 20.7. The van der Waals surface area contributed by atoms with E-state index in [9.17, 15) is 29.1 Å². The maximum absolute atomic E-state index is 12.4. The molecule has 0 aliphatic carbocycles. The topological polar surface area (TPSA) is 184 Å². The number of H-pyrrole nitrogens is 1. The molecule has 202 valence electrons. The number of amides is 4. The third-order valence-electron chi connectivity index (χ3n) is 5.95. The number of hydrogen-bond donors (Lipinski definition) is 6. The van der Waals surface area contributed by atoms with Gasteiger partial charge in [-0.2, -0.15) is 0 Å². The summed E-state index contributed by atoms with van der Waals surface area (Å²) in [7, 11) is 0. The van der Waals surface area contributed by atoms with Crippen LogP contribution in [0.2, 0.25) is 0 Å². The first-order chi connectivity index (χ1) is 17.0. The van der Waals surface area contributed by atoms with Crippen LogP contribution in [0.3, 0.4) is 0 Å². The van der Waals surface area contributed by atoms with Gasteiger partial charge in [0.1, 0.15) is 24.4 Å². The number of hydrogen-bond acceptors (Lipinski definition) is 7. The number of nitrogens with one attached hydrogen (secondary N) is 5. The first kappa shape index (κ1) is 29.0. The molecule has 1 fully saturated rings. The van der Waals surface area contributed by atoms with Crippen molar-refractivity contribution in [1.82, 2.24) is 30.8 Å². The van der Waals surface area contributed by atoms with Gasteiger partial charge in [-0.25, -0.2) is 9.59 Å². The number of rotatable bonds is 12. The summed E-state index contributed by atoms with van der Waals surface area (Å²) < 4.78 is 6.91. The zero-order valence-corrected chi connectivity index (χ0v) is 21.3. The van der Waals surface area contributed by atoms with Crippen LogP contribution in [-0.4, -0.2) is 69.9 Å². The Bertz CT molecular complexity index is 1020. The van der Waals surface area contributed by atoms with E-state index in [4.69, 9.17) is 4.74 Å². The average molecular weight is 511 g/mol. The highest BCUT2D eigenvalue weighted by atomic mass is 16.5. The number of carbonyl (C=O) groups excluding carboxylic acids is 3. The van der Waals surface area contributed by atoms with Crippen molar-refractivity contribution in [2.75, 3.05) is 13.1 Å². The molecule has 5 atom stereocenters. The van der Waals surface area contributed by atoms with Gasteiger partial charge in [0.05, 0.1) is 6.10 Å². The van der Waals surface area contributed by atoms with E-state index in [0.29, 0.717) is 12.1 Å². The number of carbonyl (C=O) groups is 3. The van der Waals surface area contributed by atoms with E-state index < -0.39 is 59.6 Å². The summed E-state index contributed by atoms with van der Waals surface area (Å²) in [6.07, 6.45) is 3.00. The van der Waals surface area contributed by atoms with Gasteiger partial charge in [0.15, 0.2) is 0 Å². The Morgan fingerprint density at radius 3 is 2.50 bits per heavy atom. The molecule has 0 saturated carbocycles. The van der Waals surface area contributed by atoms with E-state index in [0.717, 1.165) is 25.7 Å². The van der Waals surface area contributed by atoms with Crippen molar-refractivity contribution >= 4 is 17.8 Å². The lowest BCUT2D eigenvalue weighted by Crippen LogP contribution is -2.53. The lowest BCUT2D eigenvalue weighted by molar-refractivity contribution is -0.129. The van der Waals surface area contributed by atoms with Crippen molar-refractivity contribution in [1.29, 1.82) is 0 Å².